The number of hydrogen-bond acceptors (Lipinski definition) is 5. The van der Waals surface area contributed by atoms with Crippen LogP contribution in [0.25, 0.3) is 22.2 Å². The minimum atomic E-state index is 0.128. The number of Topliss-reactive ketones (excluding diaryl/α,β-unsaturated/α-hetero) is 1. The van der Waals surface area contributed by atoms with Gasteiger partial charge in [-0.25, -0.2) is 4.98 Å². The van der Waals surface area contributed by atoms with Crippen molar-refractivity contribution in [1.82, 2.24) is 19.5 Å². The Balaban J connectivity index is 1.77. The zero-order chi connectivity index (χ0) is 17.8. The van der Waals surface area contributed by atoms with Gasteiger partial charge in [0.05, 0.1) is 42.6 Å². The van der Waals surface area contributed by atoms with Gasteiger partial charge < -0.3 is 9.30 Å². The van der Waals surface area contributed by atoms with Crippen LogP contribution in [0.1, 0.15) is 26.0 Å². The second-order valence-electron chi connectivity index (χ2n) is 6.37. The van der Waals surface area contributed by atoms with Crippen LogP contribution in [-0.2, 0) is 23.0 Å². The Bertz CT molecular complexity index is 886. The first kappa shape index (κ1) is 17.2. The fraction of sp³-hybridized carbons (Fsp3) is 0.368. The van der Waals surface area contributed by atoms with Crippen molar-refractivity contribution in [3.63, 3.8) is 0 Å². The lowest BCUT2D eigenvalue weighted by Gasteiger charge is -2.07. The van der Waals surface area contributed by atoms with Crippen molar-refractivity contribution in [2.45, 2.75) is 32.8 Å². The molecule has 0 saturated carbocycles. The van der Waals surface area contributed by atoms with E-state index in [1.54, 1.807) is 12.5 Å². The number of aryl methyl sites for hydroxylation is 1. The number of imidazole rings is 1. The van der Waals surface area contributed by atoms with E-state index in [0.717, 1.165) is 27.9 Å². The predicted octanol–water partition coefficient (Wildman–Crippen LogP) is 2.96. The van der Waals surface area contributed by atoms with Crippen molar-refractivity contribution in [3.05, 3.63) is 42.7 Å². The molecular formula is C19H22N4O2. The summed E-state index contributed by atoms with van der Waals surface area (Å²) in [6.07, 6.45) is 7.96. The number of aromatic nitrogens is 4. The van der Waals surface area contributed by atoms with E-state index in [9.17, 15) is 4.79 Å². The average Bonchev–Trinajstić information content (AvgIpc) is 3.00. The molecule has 0 bridgehead atoms. The monoisotopic (exact) mass is 338 g/mol. The standard InChI is InChI=1S/C19H22N4O2/c1-13(2)25-5-4-17(24)8-16-7-14-6-15(9-22-18(14)10-21-16)19-11-20-12-23(19)3/h6-7,9-13H,4-5,8H2,1-3H3. The molecule has 0 saturated heterocycles. The van der Waals surface area contributed by atoms with Gasteiger partial charge in [-0.2, -0.15) is 0 Å². The molecule has 0 unspecified atom stereocenters. The molecule has 0 aliphatic rings. The van der Waals surface area contributed by atoms with Gasteiger partial charge in [0.2, 0.25) is 0 Å². The fourth-order valence-electron chi connectivity index (χ4n) is 2.65. The van der Waals surface area contributed by atoms with E-state index in [-0.39, 0.29) is 11.9 Å². The molecule has 0 atom stereocenters. The summed E-state index contributed by atoms with van der Waals surface area (Å²) in [4.78, 5) is 25.0. The van der Waals surface area contributed by atoms with Crippen LogP contribution >= 0.6 is 0 Å². The maximum Gasteiger partial charge on any atom is 0.141 e. The van der Waals surface area contributed by atoms with Crippen molar-refractivity contribution in [2.24, 2.45) is 7.05 Å². The number of carbonyl (C=O) groups excluding carboxylic acids is 1. The van der Waals surface area contributed by atoms with Crippen LogP contribution in [-0.4, -0.2) is 38.0 Å². The molecule has 3 aromatic heterocycles. The van der Waals surface area contributed by atoms with E-state index in [0.29, 0.717) is 19.4 Å². The number of rotatable bonds is 7. The Morgan fingerprint density at radius 3 is 2.76 bits per heavy atom. The lowest BCUT2D eigenvalue weighted by Crippen LogP contribution is -2.11. The molecule has 0 aliphatic heterocycles. The van der Waals surface area contributed by atoms with Gasteiger partial charge in [-0.1, -0.05) is 0 Å². The van der Waals surface area contributed by atoms with Gasteiger partial charge in [-0.05, 0) is 26.0 Å². The van der Waals surface area contributed by atoms with E-state index in [1.807, 2.05) is 43.9 Å². The summed E-state index contributed by atoms with van der Waals surface area (Å²) >= 11 is 0. The van der Waals surface area contributed by atoms with Gasteiger partial charge in [-0.15, -0.1) is 0 Å². The third-order valence-corrected chi connectivity index (χ3v) is 3.95. The number of ketones is 1. The first-order valence-electron chi connectivity index (χ1n) is 8.37. The normalized spacial score (nSPS) is 11.4. The highest BCUT2D eigenvalue weighted by Gasteiger charge is 2.09. The first-order chi connectivity index (χ1) is 12.0. The molecular weight excluding hydrogens is 316 g/mol. The molecule has 0 fully saturated rings. The highest BCUT2D eigenvalue weighted by atomic mass is 16.5. The van der Waals surface area contributed by atoms with Crippen LogP contribution < -0.4 is 0 Å². The van der Waals surface area contributed by atoms with Gasteiger partial charge in [0.1, 0.15) is 5.78 Å². The van der Waals surface area contributed by atoms with E-state index >= 15 is 0 Å². The zero-order valence-corrected chi connectivity index (χ0v) is 14.8. The van der Waals surface area contributed by atoms with Gasteiger partial charge >= 0.3 is 0 Å². The van der Waals surface area contributed by atoms with Gasteiger partial charge in [0.25, 0.3) is 0 Å². The smallest absolute Gasteiger partial charge is 0.141 e. The number of carbonyl (C=O) groups is 1. The summed E-state index contributed by atoms with van der Waals surface area (Å²) in [5, 5.41) is 0.968. The first-order valence-corrected chi connectivity index (χ1v) is 8.37. The summed E-state index contributed by atoms with van der Waals surface area (Å²) < 4.78 is 7.38. The molecule has 0 amide bonds. The topological polar surface area (TPSA) is 69.9 Å². The Kier molecular flexibility index (Phi) is 5.19. The minimum absolute atomic E-state index is 0.128. The highest BCUT2D eigenvalue weighted by Crippen LogP contribution is 2.22. The number of ether oxygens (including phenoxy) is 1. The molecule has 0 N–H and O–H groups in total. The largest absolute Gasteiger partial charge is 0.378 e. The molecule has 3 aromatic rings. The third kappa shape index (κ3) is 4.28. The second kappa shape index (κ2) is 7.53. The van der Waals surface area contributed by atoms with E-state index in [1.165, 1.54) is 0 Å². The Hall–Kier alpha value is -2.60. The van der Waals surface area contributed by atoms with Crippen LogP contribution in [0, 0.1) is 0 Å². The number of pyridine rings is 2. The van der Waals surface area contributed by atoms with Crippen molar-refractivity contribution in [3.8, 4) is 11.3 Å². The predicted molar refractivity (Wildman–Crippen MR) is 96.2 cm³/mol. The molecule has 3 rings (SSSR count). The summed E-state index contributed by atoms with van der Waals surface area (Å²) in [5.74, 6) is 0.128. The van der Waals surface area contributed by atoms with Crippen LogP contribution in [0.2, 0.25) is 0 Å². The molecule has 6 heteroatoms. The Morgan fingerprint density at radius 1 is 1.20 bits per heavy atom. The fourth-order valence-corrected chi connectivity index (χ4v) is 2.65. The molecule has 3 heterocycles. The Labute approximate surface area is 146 Å². The molecule has 25 heavy (non-hydrogen) atoms. The maximum atomic E-state index is 12.1. The van der Waals surface area contributed by atoms with Crippen molar-refractivity contribution < 1.29 is 9.53 Å². The van der Waals surface area contributed by atoms with Gasteiger partial charge in [-0.3, -0.25) is 14.8 Å². The number of hydrogen-bond donors (Lipinski definition) is 0. The summed E-state index contributed by atoms with van der Waals surface area (Å²) in [7, 11) is 1.95. The molecule has 6 nitrogen and oxygen atoms in total. The van der Waals surface area contributed by atoms with E-state index in [2.05, 4.69) is 21.0 Å². The van der Waals surface area contributed by atoms with Crippen LogP contribution in [0.5, 0.6) is 0 Å². The summed E-state index contributed by atoms with van der Waals surface area (Å²) in [6.45, 7) is 4.38. The quantitative estimate of drug-likeness (QED) is 0.662. The van der Waals surface area contributed by atoms with Crippen molar-refractivity contribution in [2.75, 3.05) is 6.61 Å². The van der Waals surface area contributed by atoms with Crippen LogP contribution in [0.15, 0.2) is 37.1 Å². The van der Waals surface area contributed by atoms with E-state index in [4.69, 9.17) is 4.74 Å². The van der Waals surface area contributed by atoms with Crippen molar-refractivity contribution in [1.29, 1.82) is 0 Å². The van der Waals surface area contributed by atoms with E-state index < -0.39 is 0 Å². The third-order valence-electron chi connectivity index (χ3n) is 3.95. The van der Waals surface area contributed by atoms with Crippen molar-refractivity contribution >= 4 is 16.7 Å². The lowest BCUT2D eigenvalue weighted by atomic mass is 10.1. The lowest BCUT2D eigenvalue weighted by molar-refractivity contribution is -0.119. The number of fused-ring (bicyclic) bond motifs is 1. The van der Waals surface area contributed by atoms with Gasteiger partial charge in [0, 0.05) is 42.7 Å². The van der Waals surface area contributed by atoms with Gasteiger partial charge in [0.15, 0.2) is 0 Å². The molecule has 130 valence electrons. The zero-order valence-electron chi connectivity index (χ0n) is 14.8. The molecule has 0 aromatic carbocycles. The molecule has 0 radical (unpaired) electrons. The highest BCUT2D eigenvalue weighted by molar-refractivity contribution is 5.85. The SMILES string of the molecule is CC(C)OCCC(=O)Cc1cc2cc(-c3cncn3C)cnc2cn1. The molecule has 0 spiro atoms. The number of nitrogens with zero attached hydrogens (tertiary/aromatic N) is 4. The minimum Gasteiger partial charge on any atom is -0.378 e. The second-order valence-corrected chi connectivity index (χ2v) is 6.37. The maximum absolute atomic E-state index is 12.1. The summed E-state index contributed by atoms with van der Waals surface area (Å²) in [6, 6.07) is 3.99. The summed E-state index contributed by atoms with van der Waals surface area (Å²) in [5.41, 5.74) is 3.55. The van der Waals surface area contributed by atoms with Crippen LogP contribution in [0.4, 0.5) is 0 Å². The molecule has 0 aliphatic carbocycles. The average molecular weight is 338 g/mol. The van der Waals surface area contributed by atoms with Crippen LogP contribution in [0.3, 0.4) is 0 Å². The Morgan fingerprint density at radius 2 is 2.04 bits per heavy atom.